The van der Waals surface area contributed by atoms with Gasteiger partial charge >= 0.3 is 5.97 Å². The van der Waals surface area contributed by atoms with Gasteiger partial charge in [-0.2, -0.15) is 0 Å². The maximum Gasteiger partial charge on any atom is 0.330 e. The maximum atomic E-state index is 10.5. The predicted molar refractivity (Wildman–Crippen MR) is 62.7 cm³/mol. The van der Waals surface area contributed by atoms with Crippen LogP contribution < -0.4 is 4.74 Å². The summed E-state index contributed by atoms with van der Waals surface area (Å²) in [6.07, 6.45) is 1.13. The van der Waals surface area contributed by atoms with E-state index in [2.05, 4.69) is 6.58 Å². The first-order valence-corrected chi connectivity index (χ1v) is 5.20. The zero-order valence-corrected chi connectivity index (χ0v) is 9.40. The normalized spacial score (nSPS) is 9.81. The quantitative estimate of drug-likeness (QED) is 0.592. The summed E-state index contributed by atoms with van der Waals surface area (Å²) in [5.41, 5.74) is 1.38. The minimum Gasteiger partial charge on any atom is -0.494 e. The first-order chi connectivity index (χ1) is 7.59. The minimum atomic E-state index is -0.935. The van der Waals surface area contributed by atoms with Gasteiger partial charge in [-0.05, 0) is 37.5 Å². The summed E-state index contributed by atoms with van der Waals surface area (Å²) in [4.78, 5) is 10.5. The fourth-order valence-corrected chi connectivity index (χ4v) is 1.29. The lowest BCUT2D eigenvalue weighted by Crippen LogP contribution is -2.02. The van der Waals surface area contributed by atoms with E-state index in [1.807, 2.05) is 31.2 Å². The van der Waals surface area contributed by atoms with Crippen LogP contribution in [0.1, 0.15) is 18.4 Å². The molecule has 1 aromatic carbocycles. The largest absolute Gasteiger partial charge is 0.494 e. The van der Waals surface area contributed by atoms with Gasteiger partial charge in [0, 0.05) is 5.57 Å². The van der Waals surface area contributed by atoms with E-state index in [1.165, 1.54) is 0 Å². The van der Waals surface area contributed by atoms with Crippen LogP contribution in [0.5, 0.6) is 5.75 Å². The third-order valence-electron chi connectivity index (χ3n) is 2.18. The van der Waals surface area contributed by atoms with Crippen LogP contribution in [-0.4, -0.2) is 17.7 Å². The average Bonchev–Trinajstić information content (AvgIpc) is 2.24. The number of benzene rings is 1. The molecular formula is C13H16O3. The Morgan fingerprint density at radius 3 is 2.88 bits per heavy atom. The van der Waals surface area contributed by atoms with Crippen molar-refractivity contribution in [2.24, 2.45) is 0 Å². The van der Waals surface area contributed by atoms with Crippen molar-refractivity contribution in [3.63, 3.8) is 0 Å². The molecule has 0 radical (unpaired) electrons. The van der Waals surface area contributed by atoms with Gasteiger partial charge in [-0.3, -0.25) is 0 Å². The zero-order valence-electron chi connectivity index (χ0n) is 9.40. The van der Waals surface area contributed by atoms with E-state index in [-0.39, 0.29) is 5.57 Å². The van der Waals surface area contributed by atoms with E-state index >= 15 is 0 Å². The molecule has 0 saturated heterocycles. The molecule has 0 saturated carbocycles. The first-order valence-electron chi connectivity index (χ1n) is 5.20. The zero-order chi connectivity index (χ0) is 12.0. The summed E-state index contributed by atoms with van der Waals surface area (Å²) < 4.78 is 5.48. The Morgan fingerprint density at radius 2 is 2.25 bits per heavy atom. The Labute approximate surface area is 95.4 Å². The van der Waals surface area contributed by atoms with Crippen LogP contribution in [0.25, 0.3) is 0 Å². The topological polar surface area (TPSA) is 46.5 Å². The van der Waals surface area contributed by atoms with Crippen LogP contribution in [-0.2, 0) is 4.79 Å². The van der Waals surface area contributed by atoms with Crippen LogP contribution in [0, 0.1) is 6.92 Å². The van der Waals surface area contributed by atoms with Gasteiger partial charge in [-0.15, -0.1) is 0 Å². The van der Waals surface area contributed by atoms with Gasteiger partial charge in [0.15, 0.2) is 0 Å². The highest BCUT2D eigenvalue weighted by Crippen LogP contribution is 2.13. The van der Waals surface area contributed by atoms with Gasteiger partial charge in [0.2, 0.25) is 0 Å². The van der Waals surface area contributed by atoms with Crippen molar-refractivity contribution in [2.45, 2.75) is 19.8 Å². The molecule has 0 aromatic heterocycles. The Hall–Kier alpha value is -1.77. The van der Waals surface area contributed by atoms with E-state index in [9.17, 15) is 4.79 Å². The van der Waals surface area contributed by atoms with Gasteiger partial charge in [-0.25, -0.2) is 4.79 Å². The fourth-order valence-electron chi connectivity index (χ4n) is 1.29. The van der Waals surface area contributed by atoms with Crippen molar-refractivity contribution in [3.8, 4) is 5.75 Å². The Morgan fingerprint density at radius 1 is 1.50 bits per heavy atom. The van der Waals surface area contributed by atoms with E-state index < -0.39 is 5.97 Å². The molecule has 3 heteroatoms. The Balaban J connectivity index is 2.26. The van der Waals surface area contributed by atoms with Crippen LogP contribution in [0.4, 0.5) is 0 Å². The average molecular weight is 220 g/mol. The molecule has 0 aliphatic heterocycles. The molecule has 0 bridgehead atoms. The number of aryl methyl sites for hydroxylation is 1. The number of carboxylic acid groups (broad SMARTS) is 1. The molecule has 0 atom stereocenters. The van der Waals surface area contributed by atoms with Gasteiger partial charge in [-0.1, -0.05) is 18.7 Å². The van der Waals surface area contributed by atoms with Crippen LogP contribution in [0.2, 0.25) is 0 Å². The second kappa shape index (κ2) is 5.95. The molecule has 1 N–H and O–H groups in total. The number of rotatable bonds is 6. The summed E-state index contributed by atoms with van der Waals surface area (Å²) in [7, 11) is 0. The number of hydrogen-bond donors (Lipinski definition) is 1. The lowest BCUT2D eigenvalue weighted by Gasteiger charge is -2.06. The number of aliphatic carboxylic acids is 1. The number of carbonyl (C=O) groups is 1. The SMILES string of the molecule is C=C(CCCOc1cccc(C)c1)C(=O)O. The van der Waals surface area contributed by atoms with Crippen molar-refractivity contribution < 1.29 is 14.6 Å². The minimum absolute atomic E-state index is 0.229. The lowest BCUT2D eigenvalue weighted by atomic mass is 10.2. The second-order valence-electron chi connectivity index (χ2n) is 3.68. The number of ether oxygens (including phenoxy) is 1. The predicted octanol–water partition coefficient (Wildman–Crippen LogP) is 2.79. The monoisotopic (exact) mass is 220 g/mol. The Kier molecular flexibility index (Phi) is 4.58. The molecule has 0 amide bonds. The third kappa shape index (κ3) is 4.17. The molecule has 0 aliphatic rings. The third-order valence-corrected chi connectivity index (χ3v) is 2.18. The molecule has 16 heavy (non-hydrogen) atoms. The van der Waals surface area contributed by atoms with E-state index in [0.29, 0.717) is 19.4 Å². The van der Waals surface area contributed by atoms with Crippen LogP contribution >= 0.6 is 0 Å². The molecule has 1 rings (SSSR count). The standard InChI is InChI=1S/C13H16O3/c1-10-5-3-7-12(9-10)16-8-4-6-11(2)13(14)15/h3,5,7,9H,2,4,6,8H2,1H3,(H,14,15). The smallest absolute Gasteiger partial charge is 0.330 e. The molecule has 3 nitrogen and oxygen atoms in total. The summed E-state index contributed by atoms with van der Waals surface area (Å²) in [5.74, 6) is -0.114. The molecule has 0 fully saturated rings. The van der Waals surface area contributed by atoms with Gasteiger partial charge < -0.3 is 9.84 Å². The summed E-state index contributed by atoms with van der Waals surface area (Å²) >= 11 is 0. The number of hydrogen-bond acceptors (Lipinski definition) is 2. The summed E-state index contributed by atoms with van der Waals surface area (Å²) in [5, 5.41) is 8.59. The van der Waals surface area contributed by atoms with Crippen molar-refractivity contribution >= 4 is 5.97 Å². The maximum absolute atomic E-state index is 10.5. The number of carboxylic acids is 1. The first kappa shape index (κ1) is 12.3. The molecule has 1 aromatic rings. The fraction of sp³-hybridized carbons (Fsp3) is 0.308. The molecule has 0 aliphatic carbocycles. The van der Waals surface area contributed by atoms with Crippen molar-refractivity contribution in [3.05, 3.63) is 42.0 Å². The highest BCUT2D eigenvalue weighted by atomic mass is 16.5. The van der Waals surface area contributed by atoms with Crippen LogP contribution in [0.3, 0.4) is 0 Å². The lowest BCUT2D eigenvalue weighted by molar-refractivity contribution is -0.132. The van der Waals surface area contributed by atoms with E-state index in [4.69, 9.17) is 9.84 Å². The molecule has 0 unspecified atom stereocenters. The molecule has 0 spiro atoms. The van der Waals surface area contributed by atoms with Crippen molar-refractivity contribution in [2.75, 3.05) is 6.61 Å². The molecule has 86 valence electrons. The molecule has 0 heterocycles. The summed E-state index contributed by atoms with van der Waals surface area (Å²) in [6, 6.07) is 7.77. The second-order valence-corrected chi connectivity index (χ2v) is 3.68. The Bertz CT molecular complexity index is 383. The van der Waals surface area contributed by atoms with Gasteiger partial charge in [0.25, 0.3) is 0 Å². The molecular weight excluding hydrogens is 204 g/mol. The van der Waals surface area contributed by atoms with Crippen molar-refractivity contribution in [1.29, 1.82) is 0 Å². The van der Waals surface area contributed by atoms with E-state index in [1.54, 1.807) is 0 Å². The highest BCUT2D eigenvalue weighted by Gasteiger charge is 2.03. The van der Waals surface area contributed by atoms with E-state index in [0.717, 1.165) is 11.3 Å². The van der Waals surface area contributed by atoms with Gasteiger partial charge in [0.05, 0.1) is 6.61 Å². The van der Waals surface area contributed by atoms with Gasteiger partial charge in [0.1, 0.15) is 5.75 Å². The van der Waals surface area contributed by atoms with Crippen molar-refractivity contribution in [1.82, 2.24) is 0 Å². The van der Waals surface area contributed by atoms with Crippen LogP contribution in [0.15, 0.2) is 36.4 Å². The summed E-state index contributed by atoms with van der Waals surface area (Å²) in [6.45, 7) is 5.97. The highest BCUT2D eigenvalue weighted by molar-refractivity contribution is 5.85.